The van der Waals surface area contributed by atoms with Crippen LogP contribution in [0.25, 0.3) is 0 Å². The molecule has 0 saturated carbocycles. The lowest BCUT2D eigenvalue weighted by molar-refractivity contribution is -0.130. The third-order valence-corrected chi connectivity index (χ3v) is 4.91. The molecule has 0 fully saturated rings. The molecule has 2 aromatic rings. The number of fused-ring (bicyclic) bond motifs is 1. The van der Waals surface area contributed by atoms with Crippen LogP contribution in [0.3, 0.4) is 0 Å². The van der Waals surface area contributed by atoms with E-state index in [1.807, 2.05) is 36.4 Å². The third kappa shape index (κ3) is 4.56. The average molecular weight is 395 g/mol. The normalized spacial score (nSPS) is 15.3. The number of benzene rings is 2. The van der Waals surface area contributed by atoms with Crippen molar-refractivity contribution < 1.29 is 19.1 Å². The number of hydrogen-bond acceptors (Lipinski definition) is 4. The van der Waals surface area contributed by atoms with Crippen LogP contribution in [0.4, 0.5) is 5.69 Å². The highest BCUT2D eigenvalue weighted by Gasteiger charge is 2.31. The van der Waals surface area contributed by atoms with Crippen LogP contribution in [0, 0.1) is 0 Å². The second-order valence-corrected chi connectivity index (χ2v) is 6.99. The first-order chi connectivity index (χ1) is 13.9. The number of carbonyl (C=O) groups excluding carboxylic acids is 3. The monoisotopic (exact) mass is 395 g/mol. The first-order valence-corrected chi connectivity index (χ1v) is 9.52. The van der Waals surface area contributed by atoms with Crippen molar-refractivity contribution >= 4 is 23.4 Å². The summed E-state index contributed by atoms with van der Waals surface area (Å²) in [6.45, 7) is 2.43. The highest BCUT2D eigenvalue weighted by Crippen LogP contribution is 2.33. The molecule has 29 heavy (non-hydrogen) atoms. The minimum atomic E-state index is -0.573. The molecule has 152 valence electrons. The SMILES string of the molecule is CNC(=O)c1ccc(CN(C)C(=O)CCN2C(=O)[C@H](C)Oc3ccccc32)cc1. The summed E-state index contributed by atoms with van der Waals surface area (Å²) < 4.78 is 5.63. The van der Waals surface area contributed by atoms with Gasteiger partial charge < -0.3 is 19.9 Å². The number of para-hydroxylation sites is 2. The van der Waals surface area contributed by atoms with Crippen molar-refractivity contribution in [1.29, 1.82) is 0 Å². The third-order valence-electron chi connectivity index (χ3n) is 4.91. The Labute approximate surface area is 170 Å². The van der Waals surface area contributed by atoms with Crippen LogP contribution >= 0.6 is 0 Å². The largest absolute Gasteiger partial charge is 0.479 e. The van der Waals surface area contributed by atoms with E-state index in [1.165, 1.54) is 0 Å². The second-order valence-electron chi connectivity index (χ2n) is 6.99. The fourth-order valence-corrected chi connectivity index (χ4v) is 3.26. The molecule has 0 radical (unpaired) electrons. The van der Waals surface area contributed by atoms with Gasteiger partial charge >= 0.3 is 0 Å². The lowest BCUT2D eigenvalue weighted by Crippen LogP contribution is -2.45. The lowest BCUT2D eigenvalue weighted by Gasteiger charge is -2.33. The molecule has 0 bridgehead atoms. The van der Waals surface area contributed by atoms with E-state index < -0.39 is 6.10 Å². The van der Waals surface area contributed by atoms with E-state index in [2.05, 4.69) is 5.32 Å². The van der Waals surface area contributed by atoms with Gasteiger partial charge in [0.1, 0.15) is 5.75 Å². The van der Waals surface area contributed by atoms with Crippen LogP contribution in [0.1, 0.15) is 29.3 Å². The Bertz CT molecular complexity index is 911. The van der Waals surface area contributed by atoms with Gasteiger partial charge in [0.2, 0.25) is 5.91 Å². The van der Waals surface area contributed by atoms with Gasteiger partial charge in [-0.05, 0) is 36.8 Å². The molecule has 7 heteroatoms. The quantitative estimate of drug-likeness (QED) is 0.813. The number of hydrogen-bond donors (Lipinski definition) is 1. The molecule has 1 aliphatic heterocycles. The summed E-state index contributed by atoms with van der Waals surface area (Å²) in [7, 11) is 3.31. The van der Waals surface area contributed by atoms with Gasteiger partial charge in [0, 0.05) is 39.2 Å². The van der Waals surface area contributed by atoms with E-state index in [0.717, 1.165) is 5.56 Å². The van der Waals surface area contributed by atoms with Gasteiger partial charge in [0.15, 0.2) is 6.10 Å². The molecule has 1 N–H and O–H groups in total. The zero-order chi connectivity index (χ0) is 21.0. The Morgan fingerprint density at radius 1 is 1.14 bits per heavy atom. The fraction of sp³-hybridized carbons (Fsp3) is 0.318. The number of carbonyl (C=O) groups is 3. The molecular formula is C22H25N3O4. The summed E-state index contributed by atoms with van der Waals surface area (Å²) in [4.78, 5) is 40.0. The Hall–Kier alpha value is -3.35. The highest BCUT2D eigenvalue weighted by molar-refractivity contribution is 6.00. The number of rotatable bonds is 6. The molecule has 0 aromatic heterocycles. The van der Waals surface area contributed by atoms with Crippen LogP contribution in [-0.2, 0) is 16.1 Å². The van der Waals surface area contributed by atoms with E-state index in [-0.39, 0.29) is 24.1 Å². The summed E-state index contributed by atoms with van der Waals surface area (Å²) in [5.41, 5.74) is 2.19. The van der Waals surface area contributed by atoms with Crippen LogP contribution in [-0.4, -0.2) is 49.4 Å². The maximum atomic E-state index is 12.6. The van der Waals surface area contributed by atoms with Gasteiger partial charge in [-0.2, -0.15) is 0 Å². The number of nitrogens with one attached hydrogen (secondary N) is 1. The fourth-order valence-electron chi connectivity index (χ4n) is 3.26. The van der Waals surface area contributed by atoms with Crippen molar-refractivity contribution in [3.8, 4) is 5.75 Å². The molecule has 0 unspecified atom stereocenters. The first kappa shape index (κ1) is 20.4. The van der Waals surface area contributed by atoms with Crippen molar-refractivity contribution in [2.75, 3.05) is 25.5 Å². The minimum Gasteiger partial charge on any atom is -0.479 e. The molecule has 3 rings (SSSR count). The standard InChI is InChI=1S/C22H25N3O4/c1-15-22(28)25(18-6-4-5-7-19(18)29-15)13-12-20(26)24(3)14-16-8-10-17(11-9-16)21(27)23-2/h4-11,15H,12-14H2,1-3H3,(H,23,27)/t15-/m0/s1. The van der Waals surface area contributed by atoms with Crippen molar-refractivity contribution in [3.63, 3.8) is 0 Å². The topological polar surface area (TPSA) is 79.0 Å². The summed E-state index contributed by atoms with van der Waals surface area (Å²) in [5.74, 6) is 0.288. The zero-order valence-corrected chi connectivity index (χ0v) is 16.8. The van der Waals surface area contributed by atoms with E-state index in [0.29, 0.717) is 30.1 Å². The molecule has 0 spiro atoms. The second kappa shape index (κ2) is 8.77. The molecule has 1 atom stereocenters. The molecular weight excluding hydrogens is 370 g/mol. The Morgan fingerprint density at radius 3 is 2.52 bits per heavy atom. The molecule has 2 aromatic carbocycles. The summed E-state index contributed by atoms with van der Waals surface area (Å²) in [5, 5.41) is 2.58. The Balaban J connectivity index is 1.60. The molecule has 0 aliphatic carbocycles. The van der Waals surface area contributed by atoms with Gasteiger partial charge in [-0.1, -0.05) is 24.3 Å². The van der Waals surface area contributed by atoms with Gasteiger partial charge in [-0.3, -0.25) is 14.4 Å². The van der Waals surface area contributed by atoms with Gasteiger partial charge in [0.05, 0.1) is 5.69 Å². The smallest absolute Gasteiger partial charge is 0.267 e. The maximum absolute atomic E-state index is 12.6. The van der Waals surface area contributed by atoms with Crippen molar-refractivity contribution in [2.24, 2.45) is 0 Å². The van der Waals surface area contributed by atoms with E-state index in [4.69, 9.17) is 4.74 Å². The molecule has 3 amide bonds. The lowest BCUT2D eigenvalue weighted by atomic mass is 10.1. The minimum absolute atomic E-state index is 0.0650. The number of ether oxygens (including phenoxy) is 1. The Morgan fingerprint density at radius 2 is 1.83 bits per heavy atom. The molecule has 1 heterocycles. The predicted molar refractivity (Wildman–Crippen MR) is 110 cm³/mol. The number of nitrogens with zero attached hydrogens (tertiary/aromatic N) is 2. The Kier molecular flexibility index (Phi) is 6.16. The molecule has 1 aliphatic rings. The molecule has 0 saturated heterocycles. The first-order valence-electron chi connectivity index (χ1n) is 9.52. The predicted octanol–water partition coefficient (Wildman–Crippen LogP) is 2.21. The summed E-state index contributed by atoms with van der Waals surface area (Å²) in [6.07, 6.45) is -0.365. The van der Waals surface area contributed by atoms with E-state index in [1.54, 1.807) is 43.0 Å². The summed E-state index contributed by atoms with van der Waals surface area (Å²) in [6, 6.07) is 14.5. The van der Waals surface area contributed by atoms with E-state index >= 15 is 0 Å². The van der Waals surface area contributed by atoms with Crippen LogP contribution in [0.2, 0.25) is 0 Å². The molecule has 7 nitrogen and oxygen atoms in total. The van der Waals surface area contributed by atoms with Gasteiger partial charge in [0.25, 0.3) is 11.8 Å². The number of amides is 3. The van der Waals surface area contributed by atoms with E-state index in [9.17, 15) is 14.4 Å². The van der Waals surface area contributed by atoms with Gasteiger partial charge in [-0.15, -0.1) is 0 Å². The van der Waals surface area contributed by atoms with Crippen molar-refractivity contribution in [2.45, 2.75) is 26.0 Å². The van der Waals surface area contributed by atoms with Crippen LogP contribution in [0.15, 0.2) is 48.5 Å². The zero-order valence-electron chi connectivity index (χ0n) is 16.8. The average Bonchev–Trinajstić information content (AvgIpc) is 2.73. The van der Waals surface area contributed by atoms with Crippen LogP contribution < -0.4 is 15.0 Å². The van der Waals surface area contributed by atoms with Crippen molar-refractivity contribution in [3.05, 3.63) is 59.7 Å². The highest BCUT2D eigenvalue weighted by atomic mass is 16.5. The maximum Gasteiger partial charge on any atom is 0.267 e. The van der Waals surface area contributed by atoms with Crippen molar-refractivity contribution in [1.82, 2.24) is 10.2 Å². The number of anilines is 1. The summed E-state index contributed by atoms with van der Waals surface area (Å²) >= 11 is 0. The van der Waals surface area contributed by atoms with Crippen LogP contribution in [0.5, 0.6) is 5.75 Å². The van der Waals surface area contributed by atoms with Gasteiger partial charge in [-0.25, -0.2) is 0 Å².